The molecular formula is C12H15ClO3. The van der Waals surface area contributed by atoms with Crippen LogP contribution in [-0.4, -0.2) is 16.2 Å². The average molecular weight is 243 g/mol. The smallest absolute Gasteiger partial charge is 0.306 e. The first-order valence-electron chi connectivity index (χ1n) is 5.08. The monoisotopic (exact) mass is 242 g/mol. The third-order valence-electron chi connectivity index (χ3n) is 2.59. The van der Waals surface area contributed by atoms with Gasteiger partial charge >= 0.3 is 5.97 Å². The van der Waals surface area contributed by atoms with E-state index in [0.717, 1.165) is 11.1 Å². The predicted molar refractivity (Wildman–Crippen MR) is 62.6 cm³/mol. The summed E-state index contributed by atoms with van der Waals surface area (Å²) in [7, 11) is 0. The lowest BCUT2D eigenvalue weighted by Gasteiger charge is -2.16. The van der Waals surface area contributed by atoms with Gasteiger partial charge < -0.3 is 10.2 Å². The molecule has 0 amide bonds. The number of halogens is 1. The molecule has 0 aliphatic rings. The van der Waals surface area contributed by atoms with Crippen molar-refractivity contribution < 1.29 is 15.0 Å². The molecule has 4 heteroatoms. The van der Waals surface area contributed by atoms with Gasteiger partial charge in [0.05, 0.1) is 12.0 Å². The maximum atomic E-state index is 10.7. The van der Waals surface area contributed by atoms with E-state index in [-0.39, 0.29) is 6.42 Å². The Bertz CT molecular complexity index is 390. The molecule has 3 nitrogen and oxygen atoms in total. The van der Waals surface area contributed by atoms with E-state index in [9.17, 15) is 9.90 Å². The second kappa shape index (κ2) is 5.32. The maximum Gasteiger partial charge on any atom is 0.306 e. The number of carboxylic acid groups (broad SMARTS) is 1. The van der Waals surface area contributed by atoms with Crippen LogP contribution in [-0.2, 0) is 4.79 Å². The fourth-order valence-corrected chi connectivity index (χ4v) is 1.80. The van der Waals surface area contributed by atoms with Crippen LogP contribution in [0.5, 0.6) is 0 Å². The standard InChI is InChI=1S/C12H15ClO3/c1-7-5-9(13)3-4-10(7)11(14)6-8(2)12(15)16/h3-5,8,11,14H,6H2,1-2H3,(H,15,16). The molecule has 1 aromatic rings. The molecule has 0 aliphatic carbocycles. The van der Waals surface area contributed by atoms with Gasteiger partial charge in [-0.05, 0) is 36.6 Å². The second-order valence-corrected chi connectivity index (χ2v) is 4.43. The highest BCUT2D eigenvalue weighted by Crippen LogP contribution is 2.26. The molecule has 0 saturated carbocycles. The van der Waals surface area contributed by atoms with Crippen LogP contribution in [0, 0.1) is 12.8 Å². The number of aliphatic hydroxyl groups excluding tert-OH is 1. The third-order valence-corrected chi connectivity index (χ3v) is 2.82. The third kappa shape index (κ3) is 3.22. The number of aliphatic hydroxyl groups is 1. The Hall–Kier alpha value is -1.06. The number of aliphatic carboxylic acids is 1. The zero-order chi connectivity index (χ0) is 12.3. The minimum absolute atomic E-state index is 0.206. The Labute approximate surface area is 99.7 Å². The Kier molecular flexibility index (Phi) is 4.33. The molecule has 0 saturated heterocycles. The highest BCUT2D eigenvalue weighted by molar-refractivity contribution is 6.30. The van der Waals surface area contributed by atoms with Crippen molar-refractivity contribution in [1.29, 1.82) is 0 Å². The number of hydrogen-bond acceptors (Lipinski definition) is 2. The molecule has 1 rings (SSSR count). The number of aryl methyl sites for hydroxylation is 1. The Morgan fingerprint density at radius 3 is 2.62 bits per heavy atom. The van der Waals surface area contributed by atoms with Crippen LogP contribution in [0.25, 0.3) is 0 Å². The summed E-state index contributed by atoms with van der Waals surface area (Å²) in [6.45, 7) is 3.42. The molecule has 88 valence electrons. The van der Waals surface area contributed by atoms with Gasteiger partial charge in [0.15, 0.2) is 0 Å². The summed E-state index contributed by atoms with van der Waals surface area (Å²) >= 11 is 5.80. The molecule has 0 aliphatic heterocycles. The van der Waals surface area contributed by atoms with Crippen molar-refractivity contribution in [2.45, 2.75) is 26.4 Å². The lowest BCUT2D eigenvalue weighted by atomic mass is 9.95. The number of hydrogen-bond donors (Lipinski definition) is 2. The summed E-state index contributed by atoms with van der Waals surface area (Å²) in [6.07, 6.45) is -0.555. The van der Waals surface area contributed by atoms with E-state index in [4.69, 9.17) is 16.7 Å². The van der Waals surface area contributed by atoms with Gasteiger partial charge in [0, 0.05) is 5.02 Å². The van der Waals surface area contributed by atoms with Crippen molar-refractivity contribution in [3.05, 3.63) is 34.3 Å². The van der Waals surface area contributed by atoms with Crippen LogP contribution in [0.2, 0.25) is 5.02 Å². The number of benzene rings is 1. The maximum absolute atomic E-state index is 10.7. The molecule has 16 heavy (non-hydrogen) atoms. The molecule has 0 spiro atoms. The van der Waals surface area contributed by atoms with E-state index in [1.54, 1.807) is 25.1 Å². The lowest BCUT2D eigenvalue weighted by molar-refractivity contribution is -0.142. The average Bonchev–Trinajstić information content (AvgIpc) is 2.16. The van der Waals surface area contributed by atoms with E-state index in [1.165, 1.54) is 0 Å². The lowest BCUT2D eigenvalue weighted by Crippen LogP contribution is -2.14. The fourth-order valence-electron chi connectivity index (χ4n) is 1.58. The van der Waals surface area contributed by atoms with Gasteiger partial charge in [0.25, 0.3) is 0 Å². The Balaban J connectivity index is 2.80. The summed E-state index contributed by atoms with van der Waals surface area (Å²) in [5.41, 5.74) is 1.61. The van der Waals surface area contributed by atoms with Crippen LogP contribution >= 0.6 is 11.6 Å². The normalized spacial score (nSPS) is 14.5. The molecule has 0 fully saturated rings. The molecule has 0 heterocycles. The molecular weight excluding hydrogens is 228 g/mol. The summed E-state index contributed by atoms with van der Waals surface area (Å²) in [5, 5.41) is 19.3. The Morgan fingerprint density at radius 1 is 1.50 bits per heavy atom. The van der Waals surface area contributed by atoms with Crippen molar-refractivity contribution in [3.8, 4) is 0 Å². The van der Waals surface area contributed by atoms with Gasteiger partial charge in [-0.2, -0.15) is 0 Å². The topological polar surface area (TPSA) is 57.5 Å². The molecule has 0 radical (unpaired) electrons. The van der Waals surface area contributed by atoms with E-state index < -0.39 is 18.0 Å². The first-order chi connectivity index (χ1) is 7.41. The summed E-state index contributed by atoms with van der Waals surface area (Å²) in [5.74, 6) is -1.46. The van der Waals surface area contributed by atoms with Gasteiger partial charge in [-0.3, -0.25) is 4.79 Å². The van der Waals surface area contributed by atoms with Crippen molar-refractivity contribution in [2.75, 3.05) is 0 Å². The van der Waals surface area contributed by atoms with E-state index >= 15 is 0 Å². The zero-order valence-electron chi connectivity index (χ0n) is 9.27. The van der Waals surface area contributed by atoms with Crippen molar-refractivity contribution in [3.63, 3.8) is 0 Å². The van der Waals surface area contributed by atoms with Crippen molar-refractivity contribution in [2.24, 2.45) is 5.92 Å². The highest BCUT2D eigenvalue weighted by Gasteiger charge is 2.18. The van der Waals surface area contributed by atoms with Gasteiger partial charge in [0.2, 0.25) is 0 Å². The molecule has 2 N–H and O–H groups in total. The van der Waals surface area contributed by atoms with Crippen molar-refractivity contribution >= 4 is 17.6 Å². The summed E-state index contributed by atoms with van der Waals surface area (Å²) < 4.78 is 0. The predicted octanol–water partition coefficient (Wildman–Crippen LogP) is 2.79. The zero-order valence-corrected chi connectivity index (χ0v) is 10.0. The van der Waals surface area contributed by atoms with Gasteiger partial charge in [-0.15, -0.1) is 0 Å². The first-order valence-corrected chi connectivity index (χ1v) is 5.46. The molecule has 1 aromatic carbocycles. The Morgan fingerprint density at radius 2 is 2.12 bits per heavy atom. The van der Waals surface area contributed by atoms with E-state index in [0.29, 0.717) is 5.02 Å². The number of carbonyl (C=O) groups is 1. The minimum atomic E-state index is -0.898. The summed E-state index contributed by atoms with van der Waals surface area (Å²) in [6, 6.07) is 5.18. The molecule has 2 atom stereocenters. The molecule has 0 aromatic heterocycles. The van der Waals surface area contributed by atoms with Gasteiger partial charge in [-0.25, -0.2) is 0 Å². The van der Waals surface area contributed by atoms with Crippen LogP contribution < -0.4 is 0 Å². The van der Waals surface area contributed by atoms with Gasteiger partial charge in [-0.1, -0.05) is 24.6 Å². The first kappa shape index (κ1) is 13.0. The quantitative estimate of drug-likeness (QED) is 0.854. The number of rotatable bonds is 4. The van der Waals surface area contributed by atoms with E-state index in [2.05, 4.69) is 0 Å². The van der Waals surface area contributed by atoms with Crippen molar-refractivity contribution in [1.82, 2.24) is 0 Å². The van der Waals surface area contributed by atoms with Gasteiger partial charge in [0.1, 0.15) is 0 Å². The summed E-state index contributed by atoms with van der Waals surface area (Å²) in [4.78, 5) is 10.7. The van der Waals surface area contributed by atoms with E-state index in [1.807, 2.05) is 6.92 Å². The largest absolute Gasteiger partial charge is 0.481 e. The fraction of sp³-hybridized carbons (Fsp3) is 0.417. The van der Waals surface area contributed by atoms with Crippen LogP contribution in [0.1, 0.15) is 30.6 Å². The molecule has 0 bridgehead atoms. The number of carboxylic acids is 1. The molecule has 2 unspecified atom stereocenters. The van der Waals surface area contributed by atoms with Crippen LogP contribution in [0.3, 0.4) is 0 Å². The van der Waals surface area contributed by atoms with Crippen LogP contribution in [0.4, 0.5) is 0 Å². The minimum Gasteiger partial charge on any atom is -0.481 e. The highest BCUT2D eigenvalue weighted by atomic mass is 35.5. The SMILES string of the molecule is Cc1cc(Cl)ccc1C(O)CC(C)C(=O)O. The van der Waals surface area contributed by atoms with Crippen LogP contribution in [0.15, 0.2) is 18.2 Å². The second-order valence-electron chi connectivity index (χ2n) is 3.99.